The molecule has 0 atom stereocenters. The van der Waals surface area contributed by atoms with E-state index in [1.54, 1.807) is 6.92 Å². The van der Waals surface area contributed by atoms with E-state index in [9.17, 15) is 4.79 Å². The van der Waals surface area contributed by atoms with Crippen LogP contribution in [0.5, 0.6) is 0 Å². The van der Waals surface area contributed by atoms with Crippen molar-refractivity contribution in [2.45, 2.75) is 6.92 Å². The van der Waals surface area contributed by atoms with Crippen molar-refractivity contribution in [3.05, 3.63) is 0 Å². The van der Waals surface area contributed by atoms with Gasteiger partial charge in [-0.3, -0.25) is 10.1 Å². The van der Waals surface area contributed by atoms with Crippen LogP contribution in [0.4, 0.5) is 0 Å². The largest absolute Gasteiger partial charge is 0.465 e. The van der Waals surface area contributed by atoms with Gasteiger partial charge in [-0.25, -0.2) is 0 Å². The summed E-state index contributed by atoms with van der Waals surface area (Å²) in [4.78, 5) is 10.4. The highest BCUT2D eigenvalue weighted by Gasteiger charge is 1.96. The number of carbonyl (C=O) groups is 1. The summed E-state index contributed by atoms with van der Waals surface area (Å²) in [6.07, 6.45) is 0. The Hall–Kier alpha value is -0.650. The van der Waals surface area contributed by atoms with Gasteiger partial charge < -0.3 is 15.3 Å². The standard InChI is InChI=1S/C5H11NO3.H2O/c1-2-9-5(8)3-6-4-7;/h6-7H,2-4H2,1H3;1H2. The summed E-state index contributed by atoms with van der Waals surface area (Å²) >= 11 is 0. The lowest BCUT2D eigenvalue weighted by Gasteiger charge is -1.99. The molecule has 0 aliphatic carbocycles. The average Bonchev–Trinajstić information content (AvgIpc) is 1.85. The monoisotopic (exact) mass is 151 g/mol. The summed E-state index contributed by atoms with van der Waals surface area (Å²) in [5.41, 5.74) is 0. The lowest BCUT2D eigenvalue weighted by molar-refractivity contribution is -0.142. The van der Waals surface area contributed by atoms with Gasteiger partial charge in [-0.1, -0.05) is 0 Å². The third kappa shape index (κ3) is 7.35. The minimum atomic E-state index is -0.341. The van der Waals surface area contributed by atoms with Gasteiger partial charge in [0.25, 0.3) is 0 Å². The number of aliphatic hydroxyl groups excluding tert-OH is 1. The van der Waals surface area contributed by atoms with E-state index in [4.69, 9.17) is 5.11 Å². The van der Waals surface area contributed by atoms with Crippen LogP contribution in [-0.4, -0.2) is 36.4 Å². The molecule has 0 saturated carbocycles. The predicted molar refractivity (Wildman–Crippen MR) is 35.3 cm³/mol. The number of ether oxygens (including phenoxy) is 1. The highest BCUT2D eigenvalue weighted by molar-refractivity contribution is 5.71. The first-order chi connectivity index (χ1) is 4.31. The lowest BCUT2D eigenvalue weighted by Crippen LogP contribution is -2.25. The Balaban J connectivity index is 0. The number of aliphatic hydroxyl groups is 1. The van der Waals surface area contributed by atoms with Crippen molar-refractivity contribution in [1.82, 2.24) is 5.32 Å². The van der Waals surface area contributed by atoms with Crippen LogP contribution < -0.4 is 5.32 Å². The highest BCUT2D eigenvalue weighted by Crippen LogP contribution is 1.72. The van der Waals surface area contributed by atoms with Crippen LogP contribution in [0, 0.1) is 0 Å². The Morgan fingerprint density at radius 1 is 1.70 bits per heavy atom. The Morgan fingerprint density at radius 3 is 2.70 bits per heavy atom. The lowest BCUT2D eigenvalue weighted by atomic mass is 10.6. The Bertz CT molecular complexity index is 85.7. The highest BCUT2D eigenvalue weighted by atomic mass is 16.5. The zero-order chi connectivity index (χ0) is 7.11. The molecule has 4 N–H and O–H groups in total. The van der Waals surface area contributed by atoms with Crippen LogP contribution in [0.2, 0.25) is 0 Å². The van der Waals surface area contributed by atoms with E-state index < -0.39 is 0 Å². The first-order valence-corrected chi connectivity index (χ1v) is 2.78. The first-order valence-electron chi connectivity index (χ1n) is 2.78. The average molecular weight is 151 g/mol. The molecular formula is C5H13NO4. The van der Waals surface area contributed by atoms with Gasteiger partial charge in [-0.15, -0.1) is 0 Å². The van der Waals surface area contributed by atoms with Gasteiger partial charge in [0.05, 0.1) is 19.9 Å². The fourth-order valence-electron chi connectivity index (χ4n) is 0.370. The van der Waals surface area contributed by atoms with Crippen LogP contribution in [0.15, 0.2) is 0 Å². The van der Waals surface area contributed by atoms with E-state index in [1.807, 2.05) is 0 Å². The molecule has 0 radical (unpaired) electrons. The maximum atomic E-state index is 10.4. The smallest absolute Gasteiger partial charge is 0.319 e. The summed E-state index contributed by atoms with van der Waals surface area (Å²) in [5, 5.41) is 10.6. The van der Waals surface area contributed by atoms with Crippen molar-refractivity contribution < 1.29 is 20.1 Å². The molecule has 0 aliphatic rings. The third-order valence-corrected chi connectivity index (χ3v) is 0.686. The SMILES string of the molecule is CCOC(=O)CNCO.O. The van der Waals surface area contributed by atoms with E-state index in [1.165, 1.54) is 0 Å². The predicted octanol–water partition coefficient (Wildman–Crippen LogP) is -1.74. The zero-order valence-electron chi connectivity index (χ0n) is 5.89. The van der Waals surface area contributed by atoms with Gasteiger partial charge in [0, 0.05) is 0 Å². The quantitative estimate of drug-likeness (QED) is 0.369. The number of hydrogen-bond acceptors (Lipinski definition) is 4. The molecule has 10 heavy (non-hydrogen) atoms. The number of hydrogen-bond donors (Lipinski definition) is 2. The third-order valence-electron chi connectivity index (χ3n) is 0.686. The molecule has 0 unspecified atom stereocenters. The number of rotatable bonds is 4. The van der Waals surface area contributed by atoms with Gasteiger partial charge in [0.2, 0.25) is 0 Å². The second-order valence-corrected chi connectivity index (χ2v) is 1.39. The zero-order valence-corrected chi connectivity index (χ0v) is 5.89. The van der Waals surface area contributed by atoms with Gasteiger partial charge in [0.1, 0.15) is 0 Å². The van der Waals surface area contributed by atoms with Crippen molar-refractivity contribution in [3.8, 4) is 0 Å². The number of esters is 1. The van der Waals surface area contributed by atoms with Crippen molar-refractivity contribution in [2.75, 3.05) is 19.9 Å². The van der Waals surface area contributed by atoms with E-state index >= 15 is 0 Å². The molecule has 0 fully saturated rings. The molecule has 0 heterocycles. The molecule has 0 aromatic rings. The molecule has 5 nitrogen and oxygen atoms in total. The summed E-state index contributed by atoms with van der Waals surface area (Å²) < 4.78 is 4.53. The molecule has 0 spiro atoms. The van der Waals surface area contributed by atoms with Crippen LogP contribution in [0.1, 0.15) is 6.92 Å². The van der Waals surface area contributed by atoms with Crippen LogP contribution in [0.3, 0.4) is 0 Å². The topological polar surface area (TPSA) is 90.1 Å². The normalized spacial score (nSPS) is 8.20. The molecular weight excluding hydrogens is 138 g/mol. The van der Waals surface area contributed by atoms with Gasteiger partial charge in [-0.2, -0.15) is 0 Å². The number of carbonyl (C=O) groups excluding carboxylic acids is 1. The van der Waals surface area contributed by atoms with Crippen molar-refractivity contribution in [2.24, 2.45) is 0 Å². The molecule has 0 amide bonds. The Kier molecular flexibility index (Phi) is 10.1. The molecule has 0 aliphatic heterocycles. The number of nitrogens with one attached hydrogen (secondary N) is 1. The Morgan fingerprint density at radius 2 is 2.30 bits per heavy atom. The second kappa shape index (κ2) is 8.35. The first kappa shape index (κ1) is 12.1. The minimum Gasteiger partial charge on any atom is -0.465 e. The summed E-state index contributed by atoms with van der Waals surface area (Å²) in [6, 6.07) is 0. The van der Waals surface area contributed by atoms with Crippen LogP contribution in [-0.2, 0) is 9.53 Å². The molecule has 0 saturated heterocycles. The molecule has 0 rings (SSSR count). The van der Waals surface area contributed by atoms with E-state index in [0.29, 0.717) is 6.61 Å². The van der Waals surface area contributed by atoms with Crippen LogP contribution in [0.25, 0.3) is 0 Å². The fourth-order valence-corrected chi connectivity index (χ4v) is 0.370. The van der Waals surface area contributed by atoms with E-state index in [2.05, 4.69) is 10.1 Å². The summed E-state index contributed by atoms with van der Waals surface area (Å²) in [6.45, 7) is 1.99. The Labute approximate surface area is 59.3 Å². The maximum Gasteiger partial charge on any atom is 0.319 e. The minimum absolute atomic E-state index is 0. The molecule has 0 bridgehead atoms. The van der Waals surface area contributed by atoms with Gasteiger partial charge >= 0.3 is 5.97 Å². The van der Waals surface area contributed by atoms with Crippen molar-refractivity contribution in [1.29, 1.82) is 0 Å². The molecule has 5 heteroatoms. The molecule has 62 valence electrons. The maximum absolute atomic E-state index is 10.4. The molecule has 0 aromatic carbocycles. The van der Waals surface area contributed by atoms with Gasteiger partial charge in [0.15, 0.2) is 0 Å². The fraction of sp³-hybridized carbons (Fsp3) is 0.800. The van der Waals surface area contributed by atoms with E-state index in [-0.39, 0.29) is 24.7 Å². The van der Waals surface area contributed by atoms with Crippen LogP contribution >= 0.6 is 0 Å². The van der Waals surface area contributed by atoms with Crippen molar-refractivity contribution >= 4 is 5.97 Å². The van der Waals surface area contributed by atoms with Crippen molar-refractivity contribution in [3.63, 3.8) is 0 Å². The second-order valence-electron chi connectivity index (χ2n) is 1.39. The summed E-state index contributed by atoms with van der Waals surface area (Å²) in [7, 11) is 0. The van der Waals surface area contributed by atoms with E-state index in [0.717, 1.165) is 0 Å². The molecule has 0 aromatic heterocycles. The summed E-state index contributed by atoms with van der Waals surface area (Å²) in [5.74, 6) is -0.341. The van der Waals surface area contributed by atoms with Gasteiger partial charge in [-0.05, 0) is 6.92 Å².